The largest absolute Gasteiger partial charge is 0.375 e. The van der Waals surface area contributed by atoms with Crippen molar-refractivity contribution in [2.75, 3.05) is 12.3 Å². The second-order valence-electron chi connectivity index (χ2n) is 5.25. The van der Waals surface area contributed by atoms with Crippen LogP contribution in [-0.4, -0.2) is 17.4 Å². The molecule has 0 saturated heterocycles. The molecule has 3 N–H and O–H groups in total. The summed E-state index contributed by atoms with van der Waals surface area (Å²) in [6, 6.07) is 0. The van der Waals surface area contributed by atoms with E-state index in [1.807, 2.05) is 0 Å². The molecule has 1 aliphatic carbocycles. The Morgan fingerprint density at radius 1 is 1.61 bits per heavy atom. The second-order valence-corrected chi connectivity index (χ2v) is 6.14. The molecule has 2 rings (SSSR count). The van der Waals surface area contributed by atoms with Gasteiger partial charge in [0.05, 0.1) is 0 Å². The van der Waals surface area contributed by atoms with Crippen LogP contribution in [0.15, 0.2) is 5.38 Å². The Labute approximate surface area is 112 Å². The van der Waals surface area contributed by atoms with Crippen molar-refractivity contribution in [2.24, 2.45) is 11.8 Å². The van der Waals surface area contributed by atoms with Gasteiger partial charge in [0.15, 0.2) is 5.13 Å². The van der Waals surface area contributed by atoms with Gasteiger partial charge >= 0.3 is 0 Å². The predicted molar refractivity (Wildman–Crippen MR) is 74.6 cm³/mol. The lowest BCUT2D eigenvalue weighted by Gasteiger charge is -2.26. The van der Waals surface area contributed by atoms with Gasteiger partial charge in [-0.15, -0.1) is 11.3 Å². The van der Waals surface area contributed by atoms with Gasteiger partial charge < -0.3 is 11.1 Å². The first kappa shape index (κ1) is 13.3. The number of carbonyl (C=O) groups is 1. The van der Waals surface area contributed by atoms with E-state index < -0.39 is 0 Å². The summed E-state index contributed by atoms with van der Waals surface area (Å²) in [4.78, 5) is 15.7. The summed E-state index contributed by atoms with van der Waals surface area (Å²) >= 11 is 1.30. The molecule has 1 aromatic heterocycles. The Hall–Kier alpha value is -1.10. The molecule has 1 amide bonds. The summed E-state index contributed by atoms with van der Waals surface area (Å²) in [7, 11) is 0. The van der Waals surface area contributed by atoms with Crippen molar-refractivity contribution in [3.63, 3.8) is 0 Å². The Balaban J connectivity index is 1.70. The first-order valence-corrected chi connectivity index (χ1v) is 7.52. The highest BCUT2D eigenvalue weighted by molar-refractivity contribution is 7.13. The molecule has 0 aliphatic heterocycles. The van der Waals surface area contributed by atoms with Crippen molar-refractivity contribution in [1.82, 2.24) is 10.3 Å². The summed E-state index contributed by atoms with van der Waals surface area (Å²) in [5.74, 6) is 1.51. The van der Waals surface area contributed by atoms with Crippen molar-refractivity contribution in [2.45, 2.75) is 39.0 Å². The molecule has 0 bridgehead atoms. The van der Waals surface area contributed by atoms with Gasteiger partial charge in [-0.1, -0.05) is 26.2 Å². The minimum absolute atomic E-state index is 0.105. The molecule has 1 fully saturated rings. The van der Waals surface area contributed by atoms with E-state index in [4.69, 9.17) is 5.73 Å². The van der Waals surface area contributed by atoms with E-state index >= 15 is 0 Å². The quantitative estimate of drug-likeness (QED) is 0.881. The van der Waals surface area contributed by atoms with Crippen LogP contribution in [0.2, 0.25) is 0 Å². The van der Waals surface area contributed by atoms with E-state index in [-0.39, 0.29) is 5.91 Å². The lowest BCUT2D eigenvalue weighted by atomic mass is 9.81. The molecule has 5 heteroatoms. The molecule has 1 heterocycles. The van der Waals surface area contributed by atoms with E-state index in [1.54, 1.807) is 5.38 Å². The summed E-state index contributed by atoms with van der Waals surface area (Å²) in [6.07, 6.45) is 6.39. The van der Waals surface area contributed by atoms with Gasteiger partial charge in [0.25, 0.3) is 5.91 Å². The Bertz CT molecular complexity index is 405. The van der Waals surface area contributed by atoms with Crippen LogP contribution in [-0.2, 0) is 0 Å². The van der Waals surface area contributed by atoms with Crippen LogP contribution in [0.4, 0.5) is 5.13 Å². The Morgan fingerprint density at radius 2 is 2.44 bits per heavy atom. The fraction of sp³-hybridized carbons (Fsp3) is 0.692. The zero-order chi connectivity index (χ0) is 13.0. The maximum absolute atomic E-state index is 11.7. The zero-order valence-corrected chi connectivity index (χ0v) is 11.6. The van der Waals surface area contributed by atoms with Crippen LogP contribution in [0.25, 0.3) is 0 Å². The van der Waals surface area contributed by atoms with Crippen molar-refractivity contribution in [3.05, 3.63) is 11.1 Å². The van der Waals surface area contributed by atoms with Crippen LogP contribution in [0, 0.1) is 11.8 Å². The first-order chi connectivity index (χ1) is 8.65. The lowest BCUT2D eigenvalue weighted by molar-refractivity contribution is 0.0945. The number of anilines is 1. The molecule has 4 nitrogen and oxygen atoms in total. The van der Waals surface area contributed by atoms with E-state index in [0.29, 0.717) is 10.8 Å². The molecule has 1 saturated carbocycles. The Kier molecular flexibility index (Phi) is 4.58. The van der Waals surface area contributed by atoms with Gasteiger partial charge in [-0.25, -0.2) is 4.98 Å². The van der Waals surface area contributed by atoms with E-state index in [0.717, 1.165) is 24.8 Å². The molecule has 18 heavy (non-hydrogen) atoms. The summed E-state index contributed by atoms with van der Waals surface area (Å²) in [6.45, 7) is 3.07. The van der Waals surface area contributed by atoms with Gasteiger partial charge in [0, 0.05) is 11.9 Å². The van der Waals surface area contributed by atoms with Gasteiger partial charge in [-0.05, 0) is 24.7 Å². The molecule has 100 valence electrons. The third-order valence-electron chi connectivity index (χ3n) is 3.64. The monoisotopic (exact) mass is 267 g/mol. The number of thiazole rings is 1. The molecule has 0 aromatic carbocycles. The van der Waals surface area contributed by atoms with E-state index in [9.17, 15) is 4.79 Å². The number of amides is 1. The first-order valence-electron chi connectivity index (χ1n) is 6.64. The number of hydrogen-bond acceptors (Lipinski definition) is 4. The minimum atomic E-state index is -0.105. The maximum Gasteiger partial charge on any atom is 0.270 e. The average molecular weight is 267 g/mol. The third kappa shape index (κ3) is 3.70. The highest BCUT2D eigenvalue weighted by Crippen LogP contribution is 2.30. The zero-order valence-electron chi connectivity index (χ0n) is 10.8. The number of nitrogens with zero attached hydrogens (tertiary/aromatic N) is 1. The fourth-order valence-electron chi connectivity index (χ4n) is 2.69. The summed E-state index contributed by atoms with van der Waals surface area (Å²) in [5.41, 5.74) is 5.94. The van der Waals surface area contributed by atoms with Crippen molar-refractivity contribution in [3.8, 4) is 0 Å². The van der Waals surface area contributed by atoms with Crippen LogP contribution >= 0.6 is 11.3 Å². The third-order valence-corrected chi connectivity index (χ3v) is 4.31. The standard InChI is InChI=1S/C13H21N3OS/c1-9-3-2-4-10(7-9)5-6-15-12(17)11-8-18-13(14)16-11/h8-10H,2-7H2,1H3,(H2,14,16)(H,15,17). The second kappa shape index (κ2) is 6.18. The number of nitrogen functional groups attached to an aromatic ring is 1. The van der Waals surface area contributed by atoms with Crippen molar-refractivity contribution < 1.29 is 4.79 Å². The predicted octanol–water partition coefficient (Wildman–Crippen LogP) is 2.67. The van der Waals surface area contributed by atoms with Gasteiger partial charge in [-0.3, -0.25) is 4.79 Å². The molecule has 0 radical (unpaired) electrons. The summed E-state index contributed by atoms with van der Waals surface area (Å²) in [5, 5.41) is 5.07. The highest BCUT2D eigenvalue weighted by Gasteiger charge is 2.18. The average Bonchev–Trinajstić information content (AvgIpc) is 2.76. The molecule has 2 unspecified atom stereocenters. The van der Waals surface area contributed by atoms with E-state index in [2.05, 4.69) is 17.2 Å². The van der Waals surface area contributed by atoms with Crippen LogP contribution in [0.3, 0.4) is 0 Å². The fourth-order valence-corrected chi connectivity index (χ4v) is 3.24. The topological polar surface area (TPSA) is 68.0 Å². The number of nitrogens with one attached hydrogen (secondary N) is 1. The van der Waals surface area contributed by atoms with E-state index in [1.165, 1.54) is 37.0 Å². The van der Waals surface area contributed by atoms with Gasteiger partial charge in [0.2, 0.25) is 0 Å². The van der Waals surface area contributed by atoms with Crippen molar-refractivity contribution >= 4 is 22.4 Å². The molecule has 0 spiro atoms. The maximum atomic E-state index is 11.7. The number of hydrogen-bond donors (Lipinski definition) is 2. The minimum Gasteiger partial charge on any atom is -0.375 e. The number of nitrogens with two attached hydrogens (primary N) is 1. The van der Waals surface area contributed by atoms with Crippen LogP contribution in [0.5, 0.6) is 0 Å². The number of rotatable bonds is 4. The van der Waals surface area contributed by atoms with Crippen LogP contribution in [0.1, 0.15) is 49.5 Å². The number of aromatic nitrogens is 1. The Morgan fingerprint density at radius 3 is 3.11 bits per heavy atom. The van der Waals surface area contributed by atoms with Gasteiger partial charge in [-0.2, -0.15) is 0 Å². The number of carbonyl (C=O) groups excluding carboxylic acids is 1. The van der Waals surface area contributed by atoms with Crippen LogP contribution < -0.4 is 11.1 Å². The van der Waals surface area contributed by atoms with Crippen molar-refractivity contribution in [1.29, 1.82) is 0 Å². The molecule has 1 aromatic rings. The molecule has 1 aliphatic rings. The smallest absolute Gasteiger partial charge is 0.270 e. The lowest BCUT2D eigenvalue weighted by Crippen LogP contribution is -2.27. The van der Waals surface area contributed by atoms with Gasteiger partial charge in [0.1, 0.15) is 5.69 Å². The molecular weight excluding hydrogens is 246 g/mol. The highest BCUT2D eigenvalue weighted by atomic mass is 32.1. The summed E-state index contributed by atoms with van der Waals surface area (Å²) < 4.78 is 0. The molecular formula is C13H21N3OS. The normalized spacial score (nSPS) is 23.8. The molecule has 2 atom stereocenters. The SMILES string of the molecule is CC1CCCC(CCNC(=O)c2csc(N)n2)C1.